The maximum Gasteiger partial charge on any atom is 0.360 e. The van der Waals surface area contributed by atoms with Crippen LogP contribution in [0.4, 0.5) is 5.13 Å². The first-order valence-corrected chi connectivity index (χ1v) is 20.1. The third-order valence-corrected chi connectivity index (χ3v) is 10.8. The van der Waals surface area contributed by atoms with Crippen LogP contribution in [0.2, 0.25) is 0 Å². The Morgan fingerprint density at radius 1 is 0.596 bits per heavy atom. The summed E-state index contributed by atoms with van der Waals surface area (Å²) < 4.78 is 0. The molecule has 0 amide bonds. The summed E-state index contributed by atoms with van der Waals surface area (Å²) in [6.07, 6.45) is 0. The first-order valence-electron chi connectivity index (χ1n) is 19.2. The topological polar surface area (TPSA) is 87.1 Å². The van der Waals surface area contributed by atoms with Crippen LogP contribution in [0.25, 0.3) is 0 Å². The van der Waals surface area contributed by atoms with E-state index in [0.29, 0.717) is 5.13 Å². The van der Waals surface area contributed by atoms with E-state index in [-0.39, 0.29) is 11.4 Å². The van der Waals surface area contributed by atoms with Gasteiger partial charge in [0, 0.05) is 22.1 Å². The predicted octanol–water partition coefficient (Wildman–Crippen LogP) is 10.7. The molecule has 7 nitrogen and oxygen atoms in total. The van der Waals surface area contributed by atoms with E-state index in [1.807, 2.05) is 146 Å². The minimum Gasteiger partial charge on any atom is -0.476 e. The summed E-state index contributed by atoms with van der Waals surface area (Å²) in [6.45, 7) is 10.1. The van der Waals surface area contributed by atoms with Crippen LogP contribution >= 0.6 is 11.3 Å². The van der Waals surface area contributed by atoms with E-state index < -0.39 is 17.1 Å². The fourth-order valence-electron chi connectivity index (χ4n) is 7.04. The van der Waals surface area contributed by atoms with Crippen LogP contribution in [0, 0.1) is 0 Å². The number of benzene rings is 6. The van der Waals surface area contributed by atoms with Crippen molar-refractivity contribution in [2.75, 3.05) is 25.0 Å². The van der Waals surface area contributed by atoms with E-state index in [1.165, 1.54) is 31.0 Å². The SMILES string of the molecule is CCN(CC)CC.O=C(O)C(=NOC(c1ccccc1)(c1ccccc1)c1ccccc1)c1csc(NC(c2ccccc2)(c2ccccc2)c2ccccc2)n1. The van der Waals surface area contributed by atoms with Gasteiger partial charge in [-0.1, -0.05) is 208 Å². The molecule has 0 fully saturated rings. The molecule has 7 aromatic rings. The quantitative estimate of drug-likeness (QED) is 0.0613. The summed E-state index contributed by atoms with van der Waals surface area (Å²) in [4.78, 5) is 26.7. The molecule has 6 aromatic carbocycles. The van der Waals surface area contributed by atoms with Gasteiger partial charge in [0.05, 0.1) is 0 Å². The molecule has 57 heavy (non-hydrogen) atoms. The van der Waals surface area contributed by atoms with E-state index in [2.05, 4.69) is 72.5 Å². The maximum atomic E-state index is 12.9. The largest absolute Gasteiger partial charge is 0.476 e. The minimum atomic E-state index is -1.26. The smallest absolute Gasteiger partial charge is 0.360 e. The van der Waals surface area contributed by atoms with Gasteiger partial charge in [-0.15, -0.1) is 11.3 Å². The molecular weight excluding hydrogens is 725 g/mol. The number of carbonyl (C=O) groups is 1. The lowest BCUT2D eigenvalue weighted by Crippen LogP contribution is -2.38. The third-order valence-electron chi connectivity index (χ3n) is 10.0. The van der Waals surface area contributed by atoms with Gasteiger partial charge in [0.2, 0.25) is 11.3 Å². The van der Waals surface area contributed by atoms with Crippen molar-refractivity contribution >= 4 is 28.1 Å². The maximum absolute atomic E-state index is 12.9. The van der Waals surface area contributed by atoms with E-state index in [4.69, 9.17) is 9.82 Å². The summed E-state index contributed by atoms with van der Waals surface area (Å²) in [5.41, 5.74) is 3.18. The predicted molar refractivity (Wildman–Crippen MR) is 233 cm³/mol. The minimum absolute atomic E-state index is 0.177. The van der Waals surface area contributed by atoms with Crippen LogP contribution in [-0.4, -0.2) is 46.3 Å². The van der Waals surface area contributed by atoms with Gasteiger partial charge in [-0.05, 0) is 36.3 Å². The van der Waals surface area contributed by atoms with E-state index in [9.17, 15) is 9.90 Å². The number of rotatable bonds is 15. The number of nitrogens with zero attached hydrogens (tertiary/aromatic N) is 3. The Bertz CT molecular complexity index is 2080. The highest BCUT2D eigenvalue weighted by atomic mass is 32.1. The highest BCUT2D eigenvalue weighted by Crippen LogP contribution is 2.42. The molecule has 0 spiro atoms. The van der Waals surface area contributed by atoms with Gasteiger partial charge >= 0.3 is 5.97 Å². The van der Waals surface area contributed by atoms with Crippen LogP contribution < -0.4 is 5.32 Å². The number of carboxylic acids is 1. The lowest BCUT2D eigenvalue weighted by molar-refractivity contribution is -0.129. The van der Waals surface area contributed by atoms with Gasteiger partial charge in [-0.2, -0.15) is 0 Å². The summed E-state index contributed by atoms with van der Waals surface area (Å²) in [6, 6.07) is 59.6. The number of nitrogens with one attached hydrogen (secondary N) is 1. The van der Waals surface area contributed by atoms with Gasteiger partial charge in [0.1, 0.15) is 11.2 Å². The molecule has 0 radical (unpaired) electrons. The van der Waals surface area contributed by atoms with Crippen LogP contribution in [0.5, 0.6) is 0 Å². The van der Waals surface area contributed by atoms with Crippen molar-refractivity contribution in [3.63, 3.8) is 0 Å². The standard InChI is InChI=1S/C43H33N3O3S.C6H15N/c47-40(48)39(46-49-43(35-25-13-4-14-26-35,36-27-15-5-16-28-36)37-29-17-6-18-30-37)38-31-50-41(44-38)45-42(32-19-7-1-8-20-32,33-21-9-2-10-22-33)34-23-11-3-12-24-34;1-4-7(5-2)6-3/h1-31H,(H,44,45)(H,47,48);4-6H2,1-3H3. The Balaban J connectivity index is 0.000000719. The second-order valence-corrected chi connectivity index (χ2v) is 14.1. The van der Waals surface area contributed by atoms with Crippen molar-refractivity contribution in [1.29, 1.82) is 0 Å². The number of thiazole rings is 1. The van der Waals surface area contributed by atoms with Gasteiger partial charge in [0.25, 0.3) is 0 Å². The number of hydrogen-bond acceptors (Lipinski definition) is 7. The molecule has 1 heterocycles. The summed E-state index contributed by atoms with van der Waals surface area (Å²) in [5, 5.41) is 20.9. The van der Waals surface area contributed by atoms with Crippen molar-refractivity contribution in [2.24, 2.45) is 5.16 Å². The van der Waals surface area contributed by atoms with Crippen molar-refractivity contribution < 1.29 is 14.7 Å². The normalized spacial score (nSPS) is 11.7. The number of aliphatic carboxylic acids is 1. The van der Waals surface area contributed by atoms with E-state index in [1.54, 1.807) is 5.38 Å². The molecule has 0 bridgehead atoms. The molecule has 0 aliphatic carbocycles. The monoisotopic (exact) mass is 772 g/mol. The molecule has 1 aromatic heterocycles. The summed E-state index contributed by atoms with van der Waals surface area (Å²) in [7, 11) is 0. The fraction of sp³-hybridized carbons (Fsp3) is 0.163. The summed E-state index contributed by atoms with van der Waals surface area (Å²) in [5.74, 6) is -1.26. The average molecular weight is 773 g/mol. The molecule has 8 heteroatoms. The molecule has 0 saturated carbocycles. The first-order chi connectivity index (χ1) is 28.0. The van der Waals surface area contributed by atoms with Crippen molar-refractivity contribution in [1.82, 2.24) is 9.88 Å². The summed E-state index contributed by atoms with van der Waals surface area (Å²) >= 11 is 1.31. The second kappa shape index (κ2) is 19.5. The van der Waals surface area contributed by atoms with Crippen molar-refractivity contribution in [3.8, 4) is 0 Å². The van der Waals surface area contributed by atoms with Gasteiger partial charge in [-0.3, -0.25) is 0 Å². The molecule has 0 aliphatic heterocycles. The number of aromatic nitrogens is 1. The third kappa shape index (κ3) is 9.04. The second-order valence-electron chi connectivity index (χ2n) is 13.2. The fourth-order valence-corrected chi connectivity index (χ4v) is 7.79. The number of carboxylic acid groups (broad SMARTS) is 1. The Morgan fingerprint density at radius 2 is 0.930 bits per heavy atom. The zero-order valence-electron chi connectivity index (χ0n) is 32.5. The van der Waals surface area contributed by atoms with Crippen LogP contribution in [0.15, 0.2) is 193 Å². The van der Waals surface area contributed by atoms with Crippen LogP contribution in [0.1, 0.15) is 59.8 Å². The van der Waals surface area contributed by atoms with Crippen LogP contribution in [0.3, 0.4) is 0 Å². The molecule has 0 atom stereocenters. The van der Waals surface area contributed by atoms with Crippen molar-refractivity contribution in [2.45, 2.75) is 31.9 Å². The Hall–Kier alpha value is -6.35. The van der Waals surface area contributed by atoms with Crippen molar-refractivity contribution in [3.05, 3.63) is 226 Å². The lowest BCUT2D eigenvalue weighted by atomic mass is 9.77. The van der Waals surface area contributed by atoms with Crippen LogP contribution in [-0.2, 0) is 20.8 Å². The van der Waals surface area contributed by atoms with Gasteiger partial charge in [0.15, 0.2) is 5.13 Å². The van der Waals surface area contributed by atoms with E-state index in [0.717, 1.165) is 33.4 Å². The molecule has 7 rings (SSSR count). The molecular formula is C49H48N4O3S. The van der Waals surface area contributed by atoms with E-state index >= 15 is 0 Å². The lowest BCUT2D eigenvalue weighted by Gasteiger charge is -2.36. The highest BCUT2D eigenvalue weighted by Gasteiger charge is 2.41. The number of oxime groups is 1. The first kappa shape index (κ1) is 40.3. The molecule has 0 aliphatic rings. The molecule has 0 saturated heterocycles. The molecule has 0 unspecified atom stereocenters. The van der Waals surface area contributed by atoms with Gasteiger partial charge in [-0.25, -0.2) is 9.78 Å². The Labute approximate surface area is 340 Å². The number of anilines is 1. The Kier molecular flexibility index (Phi) is 13.8. The highest BCUT2D eigenvalue weighted by molar-refractivity contribution is 7.14. The van der Waals surface area contributed by atoms with Gasteiger partial charge < -0.3 is 20.2 Å². The number of hydrogen-bond donors (Lipinski definition) is 2. The molecule has 2 N–H and O–H groups in total. The molecule has 288 valence electrons. The Morgan fingerprint density at radius 3 is 1.23 bits per heavy atom. The zero-order valence-corrected chi connectivity index (χ0v) is 33.3. The zero-order chi connectivity index (χ0) is 39.9. The average Bonchev–Trinajstić information content (AvgIpc) is 3.74.